The summed E-state index contributed by atoms with van der Waals surface area (Å²) < 4.78 is 10.4. The molecule has 1 aromatic carbocycles. The molecule has 0 aliphatic rings. The first-order valence-corrected chi connectivity index (χ1v) is 6.31. The van der Waals surface area contributed by atoms with Gasteiger partial charge in [0.2, 0.25) is 5.28 Å². The van der Waals surface area contributed by atoms with Crippen molar-refractivity contribution in [2.75, 3.05) is 7.11 Å². The van der Waals surface area contributed by atoms with Crippen molar-refractivity contribution in [3.05, 3.63) is 35.1 Å². The smallest absolute Gasteiger partial charge is 0.329 e. The Morgan fingerprint density at radius 2 is 1.74 bits per heavy atom. The van der Waals surface area contributed by atoms with Crippen molar-refractivity contribution in [2.24, 2.45) is 0 Å². The highest BCUT2D eigenvalue weighted by atomic mass is 35.5. The van der Waals surface area contributed by atoms with E-state index >= 15 is 0 Å². The molecule has 1 heterocycles. The molecule has 6 heteroatoms. The van der Waals surface area contributed by atoms with Crippen LogP contribution in [0.1, 0.15) is 18.9 Å². The number of benzene rings is 1. The third-order valence-electron chi connectivity index (χ3n) is 2.42. The van der Waals surface area contributed by atoms with Crippen molar-refractivity contribution >= 4 is 11.6 Å². The van der Waals surface area contributed by atoms with Gasteiger partial charge in [0.25, 0.3) is 0 Å². The summed E-state index contributed by atoms with van der Waals surface area (Å²) in [7, 11) is 1.45. The Morgan fingerprint density at radius 1 is 1.05 bits per heavy atom. The summed E-state index contributed by atoms with van der Waals surface area (Å²) in [5.41, 5.74) is 1.26. The van der Waals surface area contributed by atoms with Gasteiger partial charge in [0.05, 0.1) is 7.11 Å². The lowest BCUT2D eigenvalue weighted by Gasteiger charge is -2.06. The molecule has 0 N–H and O–H groups in total. The zero-order valence-corrected chi connectivity index (χ0v) is 11.5. The molecule has 0 fully saturated rings. The molecule has 1 aromatic heterocycles. The second-order valence-corrected chi connectivity index (χ2v) is 4.21. The van der Waals surface area contributed by atoms with Gasteiger partial charge in [0, 0.05) is 0 Å². The van der Waals surface area contributed by atoms with Gasteiger partial charge in [-0.15, -0.1) is 4.98 Å². The molecule has 2 rings (SSSR count). The van der Waals surface area contributed by atoms with E-state index in [1.54, 1.807) is 0 Å². The van der Waals surface area contributed by atoms with Crippen molar-refractivity contribution in [3.8, 4) is 17.8 Å². The van der Waals surface area contributed by atoms with Crippen LogP contribution in [0.4, 0.5) is 0 Å². The molecule has 0 atom stereocenters. The molecule has 0 saturated carbocycles. The van der Waals surface area contributed by atoms with Gasteiger partial charge >= 0.3 is 12.0 Å². The molecule has 2 aromatic rings. The minimum Gasteiger partial charge on any atom is -0.467 e. The molecule has 5 nitrogen and oxygen atoms in total. The van der Waals surface area contributed by atoms with Crippen molar-refractivity contribution in [1.82, 2.24) is 15.0 Å². The normalized spacial score (nSPS) is 10.3. The lowest BCUT2D eigenvalue weighted by molar-refractivity contribution is 0.359. The van der Waals surface area contributed by atoms with Crippen LogP contribution in [0.3, 0.4) is 0 Å². The van der Waals surface area contributed by atoms with Crippen LogP contribution in [0.2, 0.25) is 5.28 Å². The van der Waals surface area contributed by atoms with Crippen LogP contribution in [-0.2, 0) is 6.42 Å². The fourth-order valence-corrected chi connectivity index (χ4v) is 1.71. The number of halogens is 1. The molecule has 19 heavy (non-hydrogen) atoms. The minimum absolute atomic E-state index is 0.0319. The van der Waals surface area contributed by atoms with E-state index in [1.807, 2.05) is 24.3 Å². The van der Waals surface area contributed by atoms with Gasteiger partial charge in [-0.3, -0.25) is 0 Å². The average molecular weight is 280 g/mol. The van der Waals surface area contributed by atoms with E-state index in [-0.39, 0.29) is 17.3 Å². The van der Waals surface area contributed by atoms with Crippen LogP contribution < -0.4 is 9.47 Å². The zero-order chi connectivity index (χ0) is 13.7. The summed E-state index contributed by atoms with van der Waals surface area (Å²) >= 11 is 5.74. The van der Waals surface area contributed by atoms with Crippen LogP contribution in [0, 0.1) is 0 Å². The predicted molar refractivity (Wildman–Crippen MR) is 71.9 cm³/mol. The van der Waals surface area contributed by atoms with Crippen LogP contribution in [0.25, 0.3) is 0 Å². The molecule has 0 amide bonds. The molecule has 0 saturated heterocycles. The summed E-state index contributed by atoms with van der Waals surface area (Å²) in [5, 5.41) is 0.0319. The van der Waals surface area contributed by atoms with Crippen LogP contribution in [0.5, 0.6) is 17.8 Å². The summed E-state index contributed by atoms with van der Waals surface area (Å²) in [4.78, 5) is 11.6. The fourth-order valence-electron chi connectivity index (χ4n) is 1.57. The number of aromatic nitrogens is 3. The average Bonchev–Trinajstić information content (AvgIpc) is 2.40. The van der Waals surface area contributed by atoms with Crippen molar-refractivity contribution in [1.29, 1.82) is 0 Å². The third kappa shape index (κ3) is 3.79. The van der Waals surface area contributed by atoms with E-state index in [0.29, 0.717) is 5.75 Å². The quantitative estimate of drug-likeness (QED) is 0.841. The highest BCUT2D eigenvalue weighted by Crippen LogP contribution is 2.21. The van der Waals surface area contributed by atoms with Crippen LogP contribution >= 0.6 is 11.6 Å². The first-order chi connectivity index (χ1) is 9.21. The summed E-state index contributed by atoms with van der Waals surface area (Å²) in [6.07, 6.45) is 2.16. The Morgan fingerprint density at radius 3 is 2.37 bits per heavy atom. The highest BCUT2D eigenvalue weighted by molar-refractivity contribution is 6.28. The number of methoxy groups -OCH3 is 1. The molecule has 0 bridgehead atoms. The molecule has 100 valence electrons. The van der Waals surface area contributed by atoms with Crippen LogP contribution in [0.15, 0.2) is 24.3 Å². The number of hydrogen-bond donors (Lipinski definition) is 0. The Bertz CT molecular complexity index is 546. The maximum atomic E-state index is 5.74. The van der Waals surface area contributed by atoms with Crippen molar-refractivity contribution < 1.29 is 9.47 Å². The standard InChI is InChI=1S/C13H14ClN3O2/c1-3-4-9-5-7-10(8-6-9)19-13-16-11(14)15-12(17-13)18-2/h5-8H,3-4H2,1-2H3. The Labute approximate surface area is 116 Å². The van der Waals surface area contributed by atoms with Gasteiger partial charge < -0.3 is 9.47 Å². The summed E-state index contributed by atoms with van der Waals surface area (Å²) in [6.45, 7) is 2.14. The molecule has 0 radical (unpaired) electrons. The molecule has 0 unspecified atom stereocenters. The van der Waals surface area contributed by atoms with E-state index in [0.717, 1.165) is 12.8 Å². The second kappa shape index (κ2) is 6.33. The summed E-state index contributed by atoms with van der Waals surface area (Å²) in [6, 6.07) is 8.00. The van der Waals surface area contributed by atoms with Gasteiger partial charge in [-0.25, -0.2) is 0 Å². The number of nitrogens with zero attached hydrogens (tertiary/aromatic N) is 3. The molecule has 0 aliphatic carbocycles. The van der Waals surface area contributed by atoms with E-state index in [1.165, 1.54) is 12.7 Å². The number of aryl methyl sites for hydroxylation is 1. The highest BCUT2D eigenvalue weighted by Gasteiger charge is 2.07. The van der Waals surface area contributed by atoms with Gasteiger partial charge in [-0.05, 0) is 35.7 Å². The number of ether oxygens (including phenoxy) is 2. The van der Waals surface area contributed by atoms with Gasteiger partial charge in [0.1, 0.15) is 5.75 Å². The molecule has 0 aliphatic heterocycles. The van der Waals surface area contributed by atoms with Crippen LogP contribution in [-0.4, -0.2) is 22.1 Å². The number of hydrogen-bond acceptors (Lipinski definition) is 5. The minimum atomic E-state index is 0.0319. The second-order valence-electron chi connectivity index (χ2n) is 3.87. The van der Waals surface area contributed by atoms with Gasteiger partial charge in [-0.2, -0.15) is 9.97 Å². The topological polar surface area (TPSA) is 57.1 Å². The lowest BCUT2D eigenvalue weighted by atomic mass is 10.1. The van der Waals surface area contributed by atoms with Gasteiger partial charge in [-0.1, -0.05) is 25.5 Å². The SMILES string of the molecule is CCCc1ccc(Oc2nc(Cl)nc(OC)n2)cc1. The van der Waals surface area contributed by atoms with Gasteiger partial charge in [0.15, 0.2) is 0 Å². The van der Waals surface area contributed by atoms with E-state index in [2.05, 4.69) is 21.9 Å². The molecular formula is C13H14ClN3O2. The Kier molecular flexibility index (Phi) is 4.52. The van der Waals surface area contributed by atoms with Crippen molar-refractivity contribution in [2.45, 2.75) is 19.8 Å². The first-order valence-electron chi connectivity index (χ1n) is 5.93. The molecular weight excluding hydrogens is 266 g/mol. The Balaban J connectivity index is 2.14. The monoisotopic (exact) mass is 279 g/mol. The zero-order valence-electron chi connectivity index (χ0n) is 10.8. The van der Waals surface area contributed by atoms with E-state index in [9.17, 15) is 0 Å². The van der Waals surface area contributed by atoms with Crippen molar-refractivity contribution in [3.63, 3.8) is 0 Å². The first kappa shape index (κ1) is 13.5. The predicted octanol–water partition coefficient (Wildman–Crippen LogP) is 3.28. The lowest BCUT2D eigenvalue weighted by Crippen LogP contribution is -1.98. The fraction of sp³-hybridized carbons (Fsp3) is 0.308. The van der Waals surface area contributed by atoms with E-state index in [4.69, 9.17) is 21.1 Å². The Hall–Kier alpha value is -1.88. The van der Waals surface area contributed by atoms with E-state index < -0.39 is 0 Å². The third-order valence-corrected chi connectivity index (χ3v) is 2.59. The maximum Gasteiger partial charge on any atom is 0.329 e. The number of rotatable bonds is 5. The largest absolute Gasteiger partial charge is 0.467 e. The summed E-state index contributed by atoms with van der Waals surface area (Å²) in [5.74, 6) is 0.643. The maximum absolute atomic E-state index is 5.74. The molecule has 0 spiro atoms.